The van der Waals surface area contributed by atoms with E-state index in [0.717, 1.165) is 41.2 Å². The van der Waals surface area contributed by atoms with Gasteiger partial charge >= 0.3 is 0 Å². The number of hydrogen-bond donors (Lipinski definition) is 4. The quantitative estimate of drug-likeness (QED) is 0.665. The average Bonchev–Trinajstić information content (AvgIpc) is 2.46. The van der Waals surface area contributed by atoms with Crippen molar-refractivity contribution in [2.24, 2.45) is 5.73 Å². The highest BCUT2D eigenvalue weighted by Gasteiger charge is 2.17. The maximum Gasteiger partial charge on any atom is 0.123 e. The van der Waals surface area contributed by atoms with Gasteiger partial charge in [0.05, 0.1) is 11.4 Å². The highest BCUT2D eigenvalue weighted by Crippen LogP contribution is 2.38. The lowest BCUT2D eigenvalue weighted by molar-refractivity contribution is 0.477. The fourth-order valence-corrected chi connectivity index (χ4v) is 2.55. The second kappa shape index (κ2) is 4.82. The van der Waals surface area contributed by atoms with E-state index in [9.17, 15) is 5.11 Å². The van der Waals surface area contributed by atoms with Gasteiger partial charge in [-0.05, 0) is 23.3 Å². The minimum atomic E-state index is 0.279. The molecule has 2 aromatic carbocycles. The number of rotatable bonds is 2. The van der Waals surface area contributed by atoms with Gasteiger partial charge in [-0.25, -0.2) is 0 Å². The van der Waals surface area contributed by atoms with Crippen LogP contribution >= 0.6 is 0 Å². The summed E-state index contributed by atoms with van der Waals surface area (Å²) in [6, 6.07) is 11.4. The number of hydrogen-bond acceptors (Lipinski definition) is 4. The largest absolute Gasteiger partial charge is 0.507 e. The molecule has 2 aromatic rings. The van der Waals surface area contributed by atoms with Gasteiger partial charge in [0.25, 0.3) is 0 Å². The van der Waals surface area contributed by atoms with Gasteiger partial charge in [-0.1, -0.05) is 24.3 Å². The first kappa shape index (κ1) is 11.9. The summed E-state index contributed by atoms with van der Waals surface area (Å²) < 4.78 is 0. The van der Waals surface area contributed by atoms with E-state index in [1.54, 1.807) is 6.07 Å². The molecule has 1 aliphatic heterocycles. The number of benzene rings is 2. The summed E-state index contributed by atoms with van der Waals surface area (Å²) in [7, 11) is 0. The molecule has 98 valence electrons. The Hall–Kier alpha value is -2.20. The molecule has 1 heterocycles. The summed E-state index contributed by atoms with van der Waals surface area (Å²) in [5.41, 5.74) is 10.9. The van der Waals surface area contributed by atoms with Crippen molar-refractivity contribution in [3.63, 3.8) is 0 Å². The third-order valence-corrected chi connectivity index (χ3v) is 3.45. The fourth-order valence-electron chi connectivity index (χ4n) is 2.55. The van der Waals surface area contributed by atoms with Crippen LogP contribution in [-0.2, 0) is 6.54 Å². The SMILES string of the molecule is NCc1c(-c2ccccc2O)ccc2c1NCCN2. The molecule has 19 heavy (non-hydrogen) atoms. The van der Waals surface area contributed by atoms with Crippen molar-refractivity contribution in [3.05, 3.63) is 42.0 Å². The minimum absolute atomic E-state index is 0.279. The summed E-state index contributed by atoms with van der Waals surface area (Å²) in [4.78, 5) is 0. The van der Waals surface area contributed by atoms with E-state index < -0.39 is 0 Å². The van der Waals surface area contributed by atoms with Crippen molar-refractivity contribution < 1.29 is 5.11 Å². The topological polar surface area (TPSA) is 70.3 Å². The first-order valence-corrected chi connectivity index (χ1v) is 6.43. The molecular formula is C15H17N3O. The maximum atomic E-state index is 10.0. The number of phenols is 1. The molecule has 0 bridgehead atoms. The summed E-state index contributed by atoms with van der Waals surface area (Å²) in [5, 5.41) is 16.7. The second-order valence-corrected chi connectivity index (χ2v) is 4.59. The second-order valence-electron chi connectivity index (χ2n) is 4.59. The van der Waals surface area contributed by atoms with Gasteiger partial charge in [0.2, 0.25) is 0 Å². The number of phenolic OH excluding ortho intramolecular Hbond substituents is 1. The standard InChI is InChI=1S/C15H17N3O/c16-9-12-10(11-3-1-2-4-14(11)19)5-6-13-15(12)18-8-7-17-13/h1-6,17-19H,7-9,16H2. The van der Waals surface area contributed by atoms with Gasteiger partial charge in [-0.2, -0.15) is 0 Å². The lowest BCUT2D eigenvalue weighted by Gasteiger charge is -2.24. The van der Waals surface area contributed by atoms with Crippen molar-refractivity contribution in [1.29, 1.82) is 0 Å². The fraction of sp³-hybridized carbons (Fsp3) is 0.200. The normalized spacial score (nSPS) is 13.3. The van der Waals surface area contributed by atoms with Gasteiger partial charge in [0.15, 0.2) is 0 Å². The smallest absolute Gasteiger partial charge is 0.123 e. The average molecular weight is 255 g/mol. The van der Waals surface area contributed by atoms with Gasteiger partial charge in [0.1, 0.15) is 5.75 Å². The summed E-state index contributed by atoms with van der Waals surface area (Å²) in [6.45, 7) is 2.22. The van der Waals surface area contributed by atoms with Crippen molar-refractivity contribution in [2.45, 2.75) is 6.54 Å². The molecule has 0 spiro atoms. The maximum absolute atomic E-state index is 10.0. The third kappa shape index (κ3) is 2.00. The zero-order chi connectivity index (χ0) is 13.2. The Morgan fingerprint density at radius 2 is 1.79 bits per heavy atom. The van der Waals surface area contributed by atoms with Crippen molar-refractivity contribution >= 4 is 11.4 Å². The van der Waals surface area contributed by atoms with E-state index >= 15 is 0 Å². The number of nitrogens with one attached hydrogen (secondary N) is 2. The van der Waals surface area contributed by atoms with Crippen LogP contribution in [0.3, 0.4) is 0 Å². The molecule has 0 saturated heterocycles. The molecule has 0 saturated carbocycles. The van der Waals surface area contributed by atoms with Crippen LogP contribution in [0.2, 0.25) is 0 Å². The number of para-hydroxylation sites is 1. The highest BCUT2D eigenvalue weighted by molar-refractivity contribution is 5.85. The van der Waals surface area contributed by atoms with Crippen LogP contribution in [0, 0.1) is 0 Å². The molecule has 0 amide bonds. The first-order chi connectivity index (χ1) is 9.31. The molecule has 0 fully saturated rings. The third-order valence-electron chi connectivity index (χ3n) is 3.45. The van der Waals surface area contributed by atoms with Crippen LogP contribution < -0.4 is 16.4 Å². The van der Waals surface area contributed by atoms with Crippen LogP contribution in [0.5, 0.6) is 5.75 Å². The van der Waals surface area contributed by atoms with Gasteiger partial charge in [-0.15, -0.1) is 0 Å². The van der Waals surface area contributed by atoms with E-state index in [4.69, 9.17) is 5.73 Å². The molecule has 4 heteroatoms. The molecule has 3 rings (SSSR count). The van der Waals surface area contributed by atoms with E-state index in [1.807, 2.05) is 30.3 Å². The molecule has 5 N–H and O–H groups in total. The van der Waals surface area contributed by atoms with Crippen LogP contribution in [0.1, 0.15) is 5.56 Å². The van der Waals surface area contributed by atoms with E-state index in [-0.39, 0.29) is 5.75 Å². The Kier molecular flexibility index (Phi) is 3.01. The predicted octanol–water partition coefficient (Wildman–Crippen LogP) is 2.36. The van der Waals surface area contributed by atoms with Crippen molar-refractivity contribution in [2.75, 3.05) is 23.7 Å². The summed E-state index contributed by atoms with van der Waals surface area (Å²) in [5.74, 6) is 0.279. The van der Waals surface area contributed by atoms with Crippen molar-refractivity contribution in [3.8, 4) is 16.9 Å². The number of anilines is 2. The highest BCUT2D eigenvalue weighted by atomic mass is 16.3. The molecule has 4 nitrogen and oxygen atoms in total. The predicted molar refractivity (Wildman–Crippen MR) is 78.4 cm³/mol. The van der Waals surface area contributed by atoms with E-state index in [1.165, 1.54) is 0 Å². The molecule has 0 radical (unpaired) electrons. The Labute approximate surface area is 112 Å². The number of aromatic hydroxyl groups is 1. The summed E-state index contributed by atoms with van der Waals surface area (Å²) >= 11 is 0. The Morgan fingerprint density at radius 1 is 1.00 bits per heavy atom. The first-order valence-electron chi connectivity index (χ1n) is 6.43. The van der Waals surface area contributed by atoms with Gasteiger partial charge in [0, 0.05) is 25.2 Å². The lowest BCUT2D eigenvalue weighted by Crippen LogP contribution is -2.22. The summed E-state index contributed by atoms with van der Waals surface area (Å²) in [6.07, 6.45) is 0. The number of nitrogens with two attached hydrogens (primary N) is 1. The Bertz CT molecular complexity index is 610. The lowest BCUT2D eigenvalue weighted by atomic mass is 9.95. The van der Waals surface area contributed by atoms with Crippen LogP contribution in [-0.4, -0.2) is 18.2 Å². The van der Waals surface area contributed by atoms with Crippen molar-refractivity contribution in [1.82, 2.24) is 0 Å². The van der Waals surface area contributed by atoms with E-state index in [2.05, 4.69) is 10.6 Å². The molecule has 0 atom stereocenters. The molecule has 0 unspecified atom stereocenters. The van der Waals surface area contributed by atoms with E-state index in [0.29, 0.717) is 6.54 Å². The Balaban J connectivity index is 2.19. The van der Waals surface area contributed by atoms with Gasteiger partial charge < -0.3 is 21.5 Å². The molecule has 0 aliphatic carbocycles. The molecular weight excluding hydrogens is 238 g/mol. The number of fused-ring (bicyclic) bond motifs is 1. The zero-order valence-corrected chi connectivity index (χ0v) is 10.6. The van der Waals surface area contributed by atoms with Crippen LogP contribution in [0.25, 0.3) is 11.1 Å². The molecule has 1 aliphatic rings. The van der Waals surface area contributed by atoms with Crippen LogP contribution in [0.15, 0.2) is 36.4 Å². The zero-order valence-electron chi connectivity index (χ0n) is 10.6. The Morgan fingerprint density at radius 3 is 2.58 bits per heavy atom. The molecule has 0 aromatic heterocycles. The minimum Gasteiger partial charge on any atom is -0.507 e. The van der Waals surface area contributed by atoms with Crippen LogP contribution in [0.4, 0.5) is 11.4 Å². The van der Waals surface area contributed by atoms with Gasteiger partial charge in [-0.3, -0.25) is 0 Å². The monoisotopic (exact) mass is 255 g/mol.